The molecule has 1 saturated heterocycles. The summed E-state index contributed by atoms with van der Waals surface area (Å²) in [6.45, 7) is 3.26. The lowest BCUT2D eigenvalue weighted by atomic mass is 9.91. The lowest BCUT2D eigenvalue weighted by molar-refractivity contribution is -0.137. The summed E-state index contributed by atoms with van der Waals surface area (Å²) in [4.78, 5) is 17.5. The van der Waals surface area contributed by atoms with E-state index in [-0.39, 0.29) is 24.2 Å². The quantitative estimate of drug-likeness (QED) is 0.515. The summed E-state index contributed by atoms with van der Waals surface area (Å²) in [7, 11) is 2.07. The number of amides is 1. The van der Waals surface area contributed by atoms with Gasteiger partial charge in [0, 0.05) is 32.1 Å². The maximum atomic E-state index is 13.3. The van der Waals surface area contributed by atoms with Crippen molar-refractivity contribution in [3.05, 3.63) is 67.6 Å². The van der Waals surface area contributed by atoms with Gasteiger partial charge in [-0.05, 0) is 55.3 Å². The van der Waals surface area contributed by atoms with Crippen LogP contribution in [0.5, 0.6) is 0 Å². The van der Waals surface area contributed by atoms with E-state index < -0.39 is 0 Å². The number of piperazine rings is 1. The van der Waals surface area contributed by atoms with Crippen molar-refractivity contribution in [3.63, 3.8) is 0 Å². The third-order valence-electron chi connectivity index (χ3n) is 5.10. The monoisotopic (exact) mass is 494 g/mol. The average molecular weight is 497 g/mol. The lowest BCUT2D eigenvalue weighted by Gasteiger charge is -2.35. The zero-order valence-electron chi connectivity index (χ0n) is 16.0. The number of hydrogen-bond donors (Lipinski definition) is 0. The topological polar surface area (TPSA) is 23.6 Å². The van der Waals surface area contributed by atoms with Gasteiger partial charge in [-0.15, -0.1) is 12.4 Å². The summed E-state index contributed by atoms with van der Waals surface area (Å²) < 4.78 is 0. The SMILES string of the molecule is CN1CCN(C(=O)C(Cc2ccc(Cl)c(Cl)c2)Cc2ccc(Cl)c(Cl)c2)CC1.Cl. The molecule has 0 bridgehead atoms. The molecule has 2 aromatic rings. The van der Waals surface area contributed by atoms with Crippen LogP contribution < -0.4 is 0 Å². The molecule has 0 spiro atoms. The molecule has 0 atom stereocenters. The molecule has 158 valence electrons. The molecule has 0 unspecified atom stereocenters. The summed E-state index contributed by atoms with van der Waals surface area (Å²) in [6.07, 6.45) is 1.17. The van der Waals surface area contributed by atoms with E-state index in [4.69, 9.17) is 46.4 Å². The van der Waals surface area contributed by atoms with E-state index >= 15 is 0 Å². The minimum Gasteiger partial charge on any atom is -0.340 e. The van der Waals surface area contributed by atoms with Crippen LogP contribution in [0.1, 0.15) is 11.1 Å². The molecule has 0 saturated carbocycles. The first-order chi connectivity index (χ1) is 13.3. The Labute approximate surface area is 198 Å². The molecule has 29 heavy (non-hydrogen) atoms. The first-order valence-electron chi connectivity index (χ1n) is 9.18. The van der Waals surface area contributed by atoms with Gasteiger partial charge in [0.05, 0.1) is 20.1 Å². The fourth-order valence-electron chi connectivity index (χ4n) is 3.43. The van der Waals surface area contributed by atoms with Gasteiger partial charge in [0.25, 0.3) is 0 Å². The van der Waals surface area contributed by atoms with Crippen LogP contribution in [0.4, 0.5) is 0 Å². The van der Waals surface area contributed by atoms with Gasteiger partial charge in [-0.3, -0.25) is 4.79 Å². The van der Waals surface area contributed by atoms with Crippen molar-refractivity contribution in [2.75, 3.05) is 33.2 Å². The van der Waals surface area contributed by atoms with E-state index in [2.05, 4.69) is 11.9 Å². The van der Waals surface area contributed by atoms with Gasteiger partial charge in [0.1, 0.15) is 0 Å². The van der Waals surface area contributed by atoms with Crippen LogP contribution in [0.25, 0.3) is 0 Å². The summed E-state index contributed by atoms with van der Waals surface area (Å²) in [5, 5.41) is 2.02. The van der Waals surface area contributed by atoms with Crippen LogP contribution in [-0.2, 0) is 17.6 Å². The Morgan fingerprint density at radius 2 is 1.28 bits per heavy atom. The Morgan fingerprint density at radius 1 is 0.828 bits per heavy atom. The number of carbonyl (C=O) groups is 1. The molecule has 3 rings (SSSR count). The highest BCUT2D eigenvalue weighted by atomic mass is 35.5. The van der Waals surface area contributed by atoms with Gasteiger partial charge in [0.2, 0.25) is 5.91 Å². The van der Waals surface area contributed by atoms with Crippen molar-refractivity contribution >= 4 is 64.7 Å². The summed E-state index contributed by atoms with van der Waals surface area (Å²) in [5.74, 6) is -0.0527. The van der Waals surface area contributed by atoms with Gasteiger partial charge < -0.3 is 9.80 Å². The maximum Gasteiger partial charge on any atom is 0.226 e. The Balaban J connectivity index is 0.00000300. The van der Waals surface area contributed by atoms with Crippen LogP contribution >= 0.6 is 58.8 Å². The van der Waals surface area contributed by atoms with E-state index in [1.165, 1.54) is 0 Å². The number of benzene rings is 2. The second kappa shape index (κ2) is 11.1. The molecule has 1 heterocycles. The van der Waals surface area contributed by atoms with E-state index in [0.717, 1.165) is 37.3 Å². The molecule has 1 fully saturated rings. The molecule has 1 aliphatic heterocycles. The normalized spacial score (nSPS) is 14.8. The molecule has 8 heteroatoms. The largest absolute Gasteiger partial charge is 0.340 e. The fourth-order valence-corrected chi connectivity index (χ4v) is 4.08. The number of halogens is 5. The molecular formula is C21H23Cl5N2O. The number of carbonyl (C=O) groups excluding carboxylic acids is 1. The Hall–Kier alpha value is -0.680. The van der Waals surface area contributed by atoms with E-state index in [1.54, 1.807) is 12.1 Å². The summed E-state index contributed by atoms with van der Waals surface area (Å²) >= 11 is 24.4. The van der Waals surface area contributed by atoms with Crippen molar-refractivity contribution in [1.82, 2.24) is 9.80 Å². The van der Waals surface area contributed by atoms with Gasteiger partial charge in [-0.2, -0.15) is 0 Å². The molecule has 1 amide bonds. The van der Waals surface area contributed by atoms with Gasteiger partial charge >= 0.3 is 0 Å². The van der Waals surface area contributed by atoms with E-state index in [1.807, 2.05) is 29.2 Å². The summed E-state index contributed by atoms with van der Waals surface area (Å²) in [5.41, 5.74) is 1.98. The standard InChI is InChI=1S/C21H22Cl4N2O.ClH/c1-26-6-8-27(9-7-26)21(28)16(10-14-2-4-17(22)19(24)12-14)11-15-3-5-18(23)20(25)13-15;/h2-5,12-13,16H,6-11H2,1H3;1H. The van der Waals surface area contributed by atoms with Crippen molar-refractivity contribution < 1.29 is 4.79 Å². The minimum atomic E-state index is -0.210. The highest BCUT2D eigenvalue weighted by molar-refractivity contribution is 6.42. The van der Waals surface area contributed by atoms with Gasteiger partial charge in [-0.25, -0.2) is 0 Å². The predicted octanol–water partition coefficient (Wildman–Crippen LogP) is 5.90. The molecule has 2 aromatic carbocycles. The van der Waals surface area contributed by atoms with Gasteiger partial charge in [-0.1, -0.05) is 58.5 Å². The smallest absolute Gasteiger partial charge is 0.226 e. The van der Waals surface area contributed by atoms with Crippen molar-refractivity contribution in [2.24, 2.45) is 5.92 Å². The minimum absolute atomic E-state index is 0. The number of nitrogens with zero attached hydrogens (tertiary/aromatic N) is 2. The Morgan fingerprint density at radius 3 is 1.69 bits per heavy atom. The second-order valence-electron chi connectivity index (χ2n) is 7.23. The molecular weight excluding hydrogens is 474 g/mol. The molecule has 0 aromatic heterocycles. The number of likely N-dealkylation sites (N-methyl/N-ethyl adjacent to an activating group) is 1. The predicted molar refractivity (Wildman–Crippen MR) is 125 cm³/mol. The molecule has 0 radical (unpaired) electrons. The highest BCUT2D eigenvalue weighted by Crippen LogP contribution is 2.28. The van der Waals surface area contributed by atoms with Crippen LogP contribution in [-0.4, -0.2) is 48.9 Å². The Kier molecular flexibility index (Phi) is 9.40. The molecule has 3 nitrogen and oxygen atoms in total. The fraction of sp³-hybridized carbons (Fsp3) is 0.381. The van der Waals surface area contributed by atoms with Crippen molar-refractivity contribution in [1.29, 1.82) is 0 Å². The van der Waals surface area contributed by atoms with Crippen LogP contribution in [0.3, 0.4) is 0 Å². The molecule has 1 aliphatic rings. The molecule has 0 aliphatic carbocycles. The third-order valence-corrected chi connectivity index (χ3v) is 6.57. The molecule has 0 N–H and O–H groups in total. The van der Waals surface area contributed by atoms with Crippen molar-refractivity contribution in [2.45, 2.75) is 12.8 Å². The maximum absolute atomic E-state index is 13.3. The van der Waals surface area contributed by atoms with E-state index in [9.17, 15) is 4.79 Å². The zero-order chi connectivity index (χ0) is 20.3. The number of hydrogen-bond acceptors (Lipinski definition) is 2. The average Bonchev–Trinajstić information content (AvgIpc) is 2.67. The third kappa shape index (κ3) is 6.65. The van der Waals surface area contributed by atoms with Crippen LogP contribution in [0, 0.1) is 5.92 Å². The van der Waals surface area contributed by atoms with Crippen LogP contribution in [0.15, 0.2) is 36.4 Å². The first-order valence-corrected chi connectivity index (χ1v) is 10.7. The lowest BCUT2D eigenvalue weighted by Crippen LogP contribution is -2.49. The number of rotatable bonds is 5. The zero-order valence-corrected chi connectivity index (χ0v) is 19.8. The van der Waals surface area contributed by atoms with E-state index in [0.29, 0.717) is 32.9 Å². The van der Waals surface area contributed by atoms with Crippen LogP contribution in [0.2, 0.25) is 20.1 Å². The summed E-state index contributed by atoms with van der Waals surface area (Å²) in [6, 6.07) is 11.1. The second-order valence-corrected chi connectivity index (χ2v) is 8.86. The van der Waals surface area contributed by atoms with Gasteiger partial charge in [0.15, 0.2) is 0 Å². The highest BCUT2D eigenvalue weighted by Gasteiger charge is 2.27. The Bertz CT molecular complexity index is 799. The first kappa shape index (κ1) is 24.6. The van der Waals surface area contributed by atoms with Crippen molar-refractivity contribution in [3.8, 4) is 0 Å².